The first-order chi connectivity index (χ1) is 9.24. The smallest absolute Gasteiger partial charge is 0.220 e. The number of halogens is 1. The van der Waals surface area contributed by atoms with Crippen molar-refractivity contribution < 1.29 is 4.79 Å². The molecular weight excluding hydrogens is 262 g/mol. The third kappa shape index (κ3) is 4.67. The van der Waals surface area contributed by atoms with E-state index in [1.54, 1.807) is 12.4 Å². The van der Waals surface area contributed by atoms with E-state index in [1.165, 1.54) is 6.33 Å². The molecule has 1 amide bonds. The fraction of sp³-hybridized carbons (Fsp3) is 0.214. The predicted octanol–water partition coefficient (Wildman–Crippen LogP) is 2.38. The van der Waals surface area contributed by atoms with Gasteiger partial charge in [0, 0.05) is 30.4 Å². The van der Waals surface area contributed by atoms with Crippen molar-refractivity contribution in [1.29, 1.82) is 0 Å². The molecule has 0 radical (unpaired) electrons. The van der Waals surface area contributed by atoms with E-state index >= 15 is 0 Å². The second-order valence-corrected chi connectivity index (χ2v) is 4.59. The van der Waals surface area contributed by atoms with Crippen LogP contribution in [0.15, 0.2) is 43.0 Å². The molecule has 0 saturated carbocycles. The maximum absolute atomic E-state index is 11.7. The summed E-state index contributed by atoms with van der Waals surface area (Å²) in [5.74, 6) is 0.0128. The normalized spacial score (nSPS) is 10.2. The SMILES string of the molecule is O=C(CCc1cncnc1)NCc1ccc(Cl)cc1. The molecular formula is C14H14ClN3O. The van der Waals surface area contributed by atoms with Crippen LogP contribution in [0.1, 0.15) is 17.5 Å². The lowest BCUT2D eigenvalue weighted by molar-refractivity contribution is -0.121. The lowest BCUT2D eigenvalue weighted by atomic mass is 10.2. The van der Waals surface area contributed by atoms with Crippen molar-refractivity contribution in [2.45, 2.75) is 19.4 Å². The number of hydrogen-bond acceptors (Lipinski definition) is 3. The summed E-state index contributed by atoms with van der Waals surface area (Å²) in [6.07, 6.45) is 6.00. The molecule has 0 spiro atoms. The molecule has 2 rings (SSSR count). The van der Waals surface area contributed by atoms with E-state index in [0.717, 1.165) is 11.1 Å². The van der Waals surface area contributed by atoms with Gasteiger partial charge in [-0.25, -0.2) is 9.97 Å². The van der Waals surface area contributed by atoms with Gasteiger partial charge in [0.2, 0.25) is 5.91 Å². The highest BCUT2D eigenvalue weighted by atomic mass is 35.5. The van der Waals surface area contributed by atoms with Crippen molar-refractivity contribution in [3.05, 3.63) is 59.1 Å². The Bertz CT molecular complexity index is 528. The molecule has 0 aliphatic rings. The van der Waals surface area contributed by atoms with Crippen molar-refractivity contribution in [1.82, 2.24) is 15.3 Å². The minimum atomic E-state index is 0.0128. The minimum Gasteiger partial charge on any atom is -0.352 e. The Hall–Kier alpha value is -1.94. The van der Waals surface area contributed by atoms with E-state index in [9.17, 15) is 4.79 Å². The number of aromatic nitrogens is 2. The van der Waals surface area contributed by atoms with E-state index in [0.29, 0.717) is 24.4 Å². The fourth-order valence-corrected chi connectivity index (χ4v) is 1.73. The van der Waals surface area contributed by atoms with E-state index in [-0.39, 0.29) is 5.91 Å². The summed E-state index contributed by atoms with van der Waals surface area (Å²) in [6, 6.07) is 7.41. The van der Waals surface area contributed by atoms with E-state index in [1.807, 2.05) is 24.3 Å². The van der Waals surface area contributed by atoms with Crippen LogP contribution in [-0.2, 0) is 17.8 Å². The summed E-state index contributed by atoms with van der Waals surface area (Å²) in [5.41, 5.74) is 1.99. The van der Waals surface area contributed by atoms with E-state index in [4.69, 9.17) is 11.6 Å². The molecule has 19 heavy (non-hydrogen) atoms. The number of aryl methyl sites for hydroxylation is 1. The molecule has 1 aromatic carbocycles. The van der Waals surface area contributed by atoms with E-state index < -0.39 is 0 Å². The van der Waals surface area contributed by atoms with Gasteiger partial charge in [0.05, 0.1) is 0 Å². The number of carbonyl (C=O) groups excluding carboxylic acids is 1. The molecule has 1 aromatic heterocycles. The Kier molecular flexibility index (Phi) is 4.86. The van der Waals surface area contributed by atoms with Crippen LogP contribution in [0.25, 0.3) is 0 Å². The zero-order valence-electron chi connectivity index (χ0n) is 10.3. The van der Waals surface area contributed by atoms with Crippen LogP contribution >= 0.6 is 11.6 Å². The molecule has 4 nitrogen and oxygen atoms in total. The molecule has 0 atom stereocenters. The van der Waals surface area contributed by atoms with Crippen LogP contribution in [0.2, 0.25) is 5.02 Å². The van der Waals surface area contributed by atoms with Crippen LogP contribution in [0.3, 0.4) is 0 Å². The molecule has 0 saturated heterocycles. The van der Waals surface area contributed by atoms with Crippen LogP contribution in [-0.4, -0.2) is 15.9 Å². The van der Waals surface area contributed by atoms with Gasteiger partial charge in [0.15, 0.2) is 0 Å². The summed E-state index contributed by atoms with van der Waals surface area (Å²) >= 11 is 5.79. The Morgan fingerprint density at radius 1 is 1.11 bits per heavy atom. The van der Waals surface area contributed by atoms with E-state index in [2.05, 4.69) is 15.3 Å². The highest BCUT2D eigenvalue weighted by Gasteiger charge is 2.02. The van der Waals surface area contributed by atoms with Gasteiger partial charge in [-0.1, -0.05) is 23.7 Å². The molecule has 0 unspecified atom stereocenters. The zero-order valence-corrected chi connectivity index (χ0v) is 11.1. The third-order valence-electron chi connectivity index (χ3n) is 2.66. The number of carbonyl (C=O) groups is 1. The summed E-state index contributed by atoms with van der Waals surface area (Å²) in [6.45, 7) is 0.515. The molecule has 0 bridgehead atoms. The van der Waals surface area contributed by atoms with Gasteiger partial charge in [0.1, 0.15) is 6.33 Å². The fourth-order valence-electron chi connectivity index (χ4n) is 1.61. The summed E-state index contributed by atoms with van der Waals surface area (Å²) in [4.78, 5) is 19.5. The first-order valence-electron chi connectivity index (χ1n) is 5.99. The highest BCUT2D eigenvalue weighted by Crippen LogP contribution is 2.09. The first-order valence-corrected chi connectivity index (χ1v) is 6.37. The number of hydrogen-bond donors (Lipinski definition) is 1. The zero-order chi connectivity index (χ0) is 13.5. The van der Waals surface area contributed by atoms with Gasteiger partial charge < -0.3 is 5.32 Å². The maximum Gasteiger partial charge on any atom is 0.220 e. The van der Waals surface area contributed by atoms with Crippen molar-refractivity contribution in [3.8, 4) is 0 Å². The number of amides is 1. The van der Waals surface area contributed by atoms with Crippen molar-refractivity contribution in [3.63, 3.8) is 0 Å². The van der Waals surface area contributed by atoms with Gasteiger partial charge in [-0.3, -0.25) is 4.79 Å². The molecule has 98 valence electrons. The Labute approximate surface area is 116 Å². The van der Waals surface area contributed by atoms with Crippen molar-refractivity contribution >= 4 is 17.5 Å². The van der Waals surface area contributed by atoms with Crippen LogP contribution in [0, 0.1) is 0 Å². The van der Waals surface area contributed by atoms with Crippen LogP contribution < -0.4 is 5.32 Å². The second kappa shape index (κ2) is 6.85. The average Bonchev–Trinajstić information content (AvgIpc) is 2.45. The quantitative estimate of drug-likeness (QED) is 0.911. The molecule has 0 fully saturated rings. The Balaban J connectivity index is 1.74. The largest absolute Gasteiger partial charge is 0.352 e. The van der Waals surface area contributed by atoms with Gasteiger partial charge in [0.25, 0.3) is 0 Å². The maximum atomic E-state index is 11.7. The number of nitrogens with zero attached hydrogens (tertiary/aromatic N) is 2. The number of rotatable bonds is 5. The first kappa shape index (κ1) is 13.5. The van der Waals surface area contributed by atoms with Gasteiger partial charge in [-0.15, -0.1) is 0 Å². The van der Waals surface area contributed by atoms with Crippen molar-refractivity contribution in [2.24, 2.45) is 0 Å². The van der Waals surface area contributed by atoms with Gasteiger partial charge in [-0.2, -0.15) is 0 Å². The predicted molar refractivity (Wildman–Crippen MR) is 73.7 cm³/mol. The van der Waals surface area contributed by atoms with Crippen molar-refractivity contribution in [2.75, 3.05) is 0 Å². The molecule has 1 heterocycles. The Morgan fingerprint density at radius 2 is 1.79 bits per heavy atom. The summed E-state index contributed by atoms with van der Waals surface area (Å²) in [5, 5.41) is 3.56. The van der Waals surface area contributed by atoms with Crippen LogP contribution in [0.5, 0.6) is 0 Å². The molecule has 0 aliphatic carbocycles. The Morgan fingerprint density at radius 3 is 2.47 bits per heavy atom. The molecule has 0 aliphatic heterocycles. The number of benzene rings is 1. The summed E-state index contributed by atoms with van der Waals surface area (Å²) < 4.78 is 0. The van der Waals surface area contributed by atoms with Gasteiger partial charge >= 0.3 is 0 Å². The number of nitrogens with one attached hydrogen (secondary N) is 1. The summed E-state index contributed by atoms with van der Waals surface area (Å²) in [7, 11) is 0. The second-order valence-electron chi connectivity index (χ2n) is 4.15. The third-order valence-corrected chi connectivity index (χ3v) is 2.91. The average molecular weight is 276 g/mol. The molecule has 5 heteroatoms. The lowest BCUT2D eigenvalue weighted by Gasteiger charge is -2.05. The molecule has 1 N–H and O–H groups in total. The van der Waals surface area contributed by atoms with Gasteiger partial charge in [-0.05, 0) is 29.7 Å². The monoisotopic (exact) mass is 275 g/mol. The minimum absolute atomic E-state index is 0.0128. The lowest BCUT2D eigenvalue weighted by Crippen LogP contribution is -2.22. The highest BCUT2D eigenvalue weighted by molar-refractivity contribution is 6.30. The van der Waals surface area contributed by atoms with Crippen LogP contribution in [0.4, 0.5) is 0 Å². The topological polar surface area (TPSA) is 54.9 Å². The standard InChI is InChI=1S/C14H14ClN3O/c15-13-4-1-11(2-5-13)9-18-14(19)6-3-12-7-16-10-17-8-12/h1-2,4-5,7-8,10H,3,6,9H2,(H,18,19). The molecule has 2 aromatic rings.